The van der Waals surface area contributed by atoms with Crippen molar-refractivity contribution < 1.29 is 42.1 Å². The van der Waals surface area contributed by atoms with Gasteiger partial charge >= 0.3 is 19.8 Å². The van der Waals surface area contributed by atoms with Crippen molar-refractivity contribution in [3.63, 3.8) is 0 Å². The summed E-state index contributed by atoms with van der Waals surface area (Å²) in [6, 6.07) is 0. The summed E-state index contributed by atoms with van der Waals surface area (Å²) in [6.07, 6.45) is 30.4. The topological polar surface area (TPSA) is 108 Å². The predicted octanol–water partition coefficient (Wildman–Crippen LogP) is 8.79. The molecule has 0 aromatic rings. The first-order chi connectivity index (χ1) is 22.0. The van der Waals surface area contributed by atoms with Crippen LogP contribution in [0.4, 0.5) is 0 Å². The van der Waals surface area contributed by atoms with Crippen LogP contribution < -0.4 is 0 Å². The van der Waals surface area contributed by atoms with Crippen molar-refractivity contribution in [1.82, 2.24) is 0 Å². The molecule has 2 unspecified atom stereocenters. The maximum Gasteiger partial charge on any atom is 0.472 e. The lowest BCUT2D eigenvalue weighted by atomic mass is 10.1. The summed E-state index contributed by atoms with van der Waals surface area (Å²) in [5.41, 5.74) is 0. The van der Waals surface area contributed by atoms with Crippen LogP contribution in [0.5, 0.6) is 0 Å². The Balaban J connectivity index is 4.56. The van der Waals surface area contributed by atoms with E-state index >= 15 is 0 Å². The number of carbonyl (C=O) groups excluding carboxylic acids is 2. The zero-order valence-corrected chi connectivity index (χ0v) is 30.4. The van der Waals surface area contributed by atoms with Gasteiger partial charge in [-0.05, 0) is 51.4 Å². The van der Waals surface area contributed by atoms with Crippen LogP contribution in [0.3, 0.4) is 0 Å². The fraction of sp³-hybridized carbons (Fsp3) is 0.722. The molecule has 0 heterocycles. The van der Waals surface area contributed by atoms with E-state index in [0.29, 0.717) is 17.4 Å². The summed E-state index contributed by atoms with van der Waals surface area (Å²) in [5.74, 6) is -0.862. The van der Waals surface area contributed by atoms with Gasteiger partial charge in [0.25, 0.3) is 0 Å². The number of nitrogens with zero attached hydrogens (tertiary/aromatic N) is 1. The lowest BCUT2D eigenvalue weighted by molar-refractivity contribution is -0.870. The quantitative estimate of drug-likeness (QED) is 0.0266. The van der Waals surface area contributed by atoms with Gasteiger partial charge in [0.05, 0.1) is 27.7 Å². The molecule has 9 nitrogen and oxygen atoms in total. The van der Waals surface area contributed by atoms with E-state index < -0.39 is 26.5 Å². The second-order valence-electron chi connectivity index (χ2n) is 12.5. The molecule has 0 aromatic carbocycles. The molecule has 0 fully saturated rings. The molecule has 0 saturated heterocycles. The maximum absolute atomic E-state index is 12.5. The zero-order chi connectivity index (χ0) is 34.4. The Kier molecular flexibility index (Phi) is 27.8. The standard InChI is InChI=1S/C36H64NO8P/c1-6-8-10-12-14-15-16-17-18-19-20-21-23-25-27-29-36(39)45-34(33-44-46(40,41)43-31-30-37(3,4)5)32-42-35(38)28-26-24-22-13-11-9-7-2/h8,10,14-15,17-18,20-21,34H,6-7,9,11-13,16,19,22-33H2,1-5H3/p+1/b10-8-,15-14-,18-17-,21-20-. The first kappa shape index (κ1) is 44.0. The monoisotopic (exact) mass is 670 g/mol. The molecule has 2 atom stereocenters. The number of carbonyl (C=O) groups is 2. The van der Waals surface area contributed by atoms with E-state index in [1.54, 1.807) is 0 Å². The average molecular weight is 671 g/mol. The van der Waals surface area contributed by atoms with Crippen molar-refractivity contribution in [1.29, 1.82) is 0 Å². The van der Waals surface area contributed by atoms with Crippen LogP contribution in [0.1, 0.15) is 117 Å². The number of hydrogen-bond acceptors (Lipinski definition) is 7. The Hall–Kier alpha value is -2.03. The van der Waals surface area contributed by atoms with Crippen molar-refractivity contribution >= 4 is 19.8 Å². The molecule has 0 saturated carbocycles. The van der Waals surface area contributed by atoms with Gasteiger partial charge in [-0.15, -0.1) is 0 Å². The highest BCUT2D eigenvalue weighted by atomic mass is 31.2. The third-order valence-electron chi connectivity index (χ3n) is 6.87. The number of unbranched alkanes of at least 4 members (excludes halogenated alkanes) is 8. The molecule has 266 valence electrons. The van der Waals surface area contributed by atoms with E-state index in [0.717, 1.165) is 57.8 Å². The molecule has 0 aliphatic carbocycles. The molecular weight excluding hydrogens is 605 g/mol. The number of likely N-dealkylation sites (N-methyl/N-ethyl adjacent to an activating group) is 1. The van der Waals surface area contributed by atoms with Crippen molar-refractivity contribution in [3.05, 3.63) is 48.6 Å². The van der Waals surface area contributed by atoms with Gasteiger partial charge in [0.2, 0.25) is 0 Å². The van der Waals surface area contributed by atoms with Crippen LogP contribution in [-0.4, -0.2) is 74.9 Å². The Morgan fingerprint density at radius 2 is 1.24 bits per heavy atom. The third kappa shape index (κ3) is 31.9. The number of ether oxygens (including phenoxy) is 2. The highest BCUT2D eigenvalue weighted by molar-refractivity contribution is 7.47. The number of rotatable bonds is 30. The molecule has 0 radical (unpaired) electrons. The predicted molar refractivity (Wildman–Crippen MR) is 187 cm³/mol. The van der Waals surface area contributed by atoms with E-state index in [-0.39, 0.29) is 32.0 Å². The summed E-state index contributed by atoms with van der Waals surface area (Å²) in [6.45, 7) is 4.17. The van der Waals surface area contributed by atoms with Gasteiger partial charge in [-0.25, -0.2) is 4.57 Å². The molecule has 1 N–H and O–H groups in total. The highest BCUT2D eigenvalue weighted by Crippen LogP contribution is 2.43. The molecule has 0 aromatic heterocycles. The van der Waals surface area contributed by atoms with Crippen molar-refractivity contribution in [2.24, 2.45) is 0 Å². The Morgan fingerprint density at radius 1 is 0.696 bits per heavy atom. The van der Waals surface area contributed by atoms with E-state index in [9.17, 15) is 19.0 Å². The molecule has 0 rings (SSSR count). The van der Waals surface area contributed by atoms with Crippen molar-refractivity contribution in [2.75, 3.05) is 47.5 Å². The second kappa shape index (κ2) is 29.1. The Bertz CT molecular complexity index is 939. The van der Waals surface area contributed by atoms with Gasteiger partial charge in [-0.2, -0.15) is 0 Å². The Labute approximate surface area is 280 Å². The number of quaternary nitrogens is 1. The van der Waals surface area contributed by atoms with Crippen LogP contribution >= 0.6 is 7.82 Å². The number of hydrogen-bond donors (Lipinski definition) is 1. The maximum atomic E-state index is 12.5. The van der Waals surface area contributed by atoms with Crippen LogP contribution in [0, 0.1) is 0 Å². The summed E-state index contributed by atoms with van der Waals surface area (Å²) < 4.78 is 33.9. The summed E-state index contributed by atoms with van der Waals surface area (Å²) >= 11 is 0. The number of phosphoric acid groups is 1. The third-order valence-corrected chi connectivity index (χ3v) is 7.86. The second-order valence-corrected chi connectivity index (χ2v) is 14.0. The van der Waals surface area contributed by atoms with E-state index in [4.69, 9.17) is 18.5 Å². The fourth-order valence-electron chi connectivity index (χ4n) is 4.12. The average Bonchev–Trinajstić information content (AvgIpc) is 2.99. The zero-order valence-electron chi connectivity index (χ0n) is 29.5. The van der Waals surface area contributed by atoms with Gasteiger partial charge < -0.3 is 18.9 Å². The van der Waals surface area contributed by atoms with Gasteiger partial charge in [0.1, 0.15) is 19.8 Å². The molecule has 0 amide bonds. The molecule has 0 spiro atoms. The fourth-order valence-corrected chi connectivity index (χ4v) is 4.86. The smallest absolute Gasteiger partial charge is 0.462 e. The summed E-state index contributed by atoms with van der Waals surface area (Å²) in [7, 11) is 1.44. The van der Waals surface area contributed by atoms with Crippen LogP contribution in [-0.2, 0) is 32.7 Å². The van der Waals surface area contributed by atoms with Crippen LogP contribution in [0.2, 0.25) is 0 Å². The highest BCUT2D eigenvalue weighted by Gasteiger charge is 2.27. The van der Waals surface area contributed by atoms with E-state index in [1.807, 2.05) is 21.1 Å². The van der Waals surface area contributed by atoms with Gasteiger partial charge in [-0.3, -0.25) is 18.6 Å². The molecular formula is C36H65NO8P+. The summed E-state index contributed by atoms with van der Waals surface area (Å²) in [5, 5.41) is 0. The molecule has 0 aliphatic heterocycles. The minimum Gasteiger partial charge on any atom is -0.462 e. The summed E-state index contributed by atoms with van der Waals surface area (Å²) in [4.78, 5) is 34.9. The number of allylic oxidation sites excluding steroid dienone is 8. The van der Waals surface area contributed by atoms with Crippen molar-refractivity contribution in [3.8, 4) is 0 Å². The molecule has 0 aliphatic rings. The minimum atomic E-state index is -4.37. The van der Waals surface area contributed by atoms with E-state index in [1.165, 1.54) is 25.7 Å². The molecule has 10 heteroatoms. The Morgan fingerprint density at radius 3 is 1.85 bits per heavy atom. The minimum absolute atomic E-state index is 0.0223. The van der Waals surface area contributed by atoms with Gasteiger partial charge in [0, 0.05) is 12.8 Å². The normalized spacial score (nSPS) is 14.5. The molecule has 46 heavy (non-hydrogen) atoms. The molecule has 0 bridgehead atoms. The van der Waals surface area contributed by atoms with Gasteiger partial charge in [0.15, 0.2) is 6.10 Å². The van der Waals surface area contributed by atoms with Gasteiger partial charge in [-0.1, -0.05) is 101 Å². The first-order valence-electron chi connectivity index (χ1n) is 17.4. The van der Waals surface area contributed by atoms with Crippen LogP contribution in [0.15, 0.2) is 48.6 Å². The number of esters is 2. The van der Waals surface area contributed by atoms with Crippen LogP contribution in [0.25, 0.3) is 0 Å². The SMILES string of the molecule is CC/C=C\C/C=C\C/C=C\C/C=C\CCCCC(=O)OC(COC(=O)CCCCCCCCC)COP(=O)(O)OCC[N+](C)(C)C. The largest absolute Gasteiger partial charge is 0.472 e. The van der Waals surface area contributed by atoms with Crippen molar-refractivity contribution in [2.45, 2.75) is 123 Å². The lowest BCUT2D eigenvalue weighted by Gasteiger charge is -2.24. The lowest BCUT2D eigenvalue weighted by Crippen LogP contribution is -2.37. The van der Waals surface area contributed by atoms with E-state index in [2.05, 4.69) is 62.5 Å². The number of phosphoric ester groups is 1. The first-order valence-corrected chi connectivity index (χ1v) is 18.9.